The number of aryl methyl sites for hydroxylation is 2. The first-order valence-electron chi connectivity index (χ1n) is 12.9. The number of piperazine rings is 1. The minimum atomic E-state index is -0.173. The molecule has 1 N–H and O–H groups in total. The van der Waals surface area contributed by atoms with Gasteiger partial charge in [-0.3, -0.25) is 19.6 Å². The Morgan fingerprint density at radius 2 is 1.70 bits per heavy atom. The number of nitrogens with one attached hydrogen (secondary N) is 1. The number of pyridine rings is 1. The summed E-state index contributed by atoms with van der Waals surface area (Å²) in [6.45, 7) is 11.7. The van der Waals surface area contributed by atoms with Gasteiger partial charge in [-0.15, -0.1) is 5.10 Å². The van der Waals surface area contributed by atoms with E-state index in [1.54, 1.807) is 0 Å². The Bertz CT molecular complexity index is 1360. The minimum absolute atomic E-state index is 0.0686. The molecule has 1 unspecified atom stereocenters. The molecule has 1 amide bonds. The van der Waals surface area contributed by atoms with Gasteiger partial charge < -0.3 is 5.32 Å². The van der Waals surface area contributed by atoms with Crippen molar-refractivity contribution in [3.8, 4) is 5.69 Å². The van der Waals surface area contributed by atoms with Gasteiger partial charge in [0.25, 0.3) is 0 Å². The lowest BCUT2D eigenvalue weighted by Crippen LogP contribution is -2.51. The molecule has 0 radical (unpaired) electrons. The molecule has 1 aliphatic heterocycles. The lowest BCUT2D eigenvalue weighted by Gasteiger charge is -2.39. The number of carbonyl (C=O) groups is 1. The molecule has 9 nitrogen and oxygen atoms in total. The highest BCUT2D eigenvalue weighted by Gasteiger charge is 2.33. The van der Waals surface area contributed by atoms with E-state index in [4.69, 9.17) is 0 Å². The molecule has 4 aromatic rings. The fraction of sp³-hybridized carbons (Fsp3) is 0.393. The standard InChI is InChI=1S/C28H34N8O/c1-19(2)30-25(37)18-34-14-16-35(17-15-34)27(23-12-13-29-24-11-6-5-10-22(23)24)28-31-32-33-36(28)26-20(3)8-7-9-21(26)4/h5-13,19,27H,14-18H2,1-4H3,(H,30,37). The van der Waals surface area contributed by atoms with Crippen LogP contribution in [0.1, 0.15) is 42.4 Å². The van der Waals surface area contributed by atoms with Crippen LogP contribution in [0.5, 0.6) is 0 Å². The van der Waals surface area contributed by atoms with Crippen LogP contribution < -0.4 is 5.32 Å². The maximum atomic E-state index is 12.4. The summed E-state index contributed by atoms with van der Waals surface area (Å²) in [7, 11) is 0. The van der Waals surface area contributed by atoms with Crippen LogP contribution in [0.15, 0.2) is 54.7 Å². The fourth-order valence-corrected chi connectivity index (χ4v) is 5.27. The van der Waals surface area contributed by atoms with Gasteiger partial charge in [0.15, 0.2) is 5.82 Å². The number of amides is 1. The minimum Gasteiger partial charge on any atom is -0.353 e. The number of hydrogen-bond donors (Lipinski definition) is 1. The lowest BCUT2D eigenvalue weighted by molar-refractivity contribution is -0.123. The second-order valence-electron chi connectivity index (χ2n) is 10.0. The molecule has 1 saturated heterocycles. The van der Waals surface area contributed by atoms with Gasteiger partial charge in [-0.2, -0.15) is 4.68 Å². The molecular formula is C28H34N8O. The van der Waals surface area contributed by atoms with Gasteiger partial charge in [0.1, 0.15) is 0 Å². The highest BCUT2D eigenvalue weighted by atomic mass is 16.2. The summed E-state index contributed by atoms with van der Waals surface area (Å²) in [5, 5.41) is 17.3. The van der Waals surface area contributed by atoms with E-state index in [-0.39, 0.29) is 18.0 Å². The zero-order valence-corrected chi connectivity index (χ0v) is 21.9. The number of para-hydroxylation sites is 2. The van der Waals surface area contributed by atoms with Gasteiger partial charge in [-0.1, -0.05) is 36.4 Å². The van der Waals surface area contributed by atoms with Crippen molar-refractivity contribution in [3.63, 3.8) is 0 Å². The first-order valence-corrected chi connectivity index (χ1v) is 12.9. The molecule has 1 atom stereocenters. The van der Waals surface area contributed by atoms with Crippen molar-refractivity contribution < 1.29 is 4.79 Å². The quantitative estimate of drug-likeness (QED) is 0.419. The van der Waals surface area contributed by atoms with Gasteiger partial charge in [0, 0.05) is 43.8 Å². The molecule has 37 heavy (non-hydrogen) atoms. The molecule has 1 fully saturated rings. The van der Waals surface area contributed by atoms with E-state index in [1.165, 1.54) is 0 Å². The lowest BCUT2D eigenvalue weighted by atomic mass is 9.98. The number of tetrazole rings is 1. The summed E-state index contributed by atoms with van der Waals surface area (Å²) in [5.74, 6) is 0.846. The predicted molar refractivity (Wildman–Crippen MR) is 144 cm³/mol. The zero-order valence-electron chi connectivity index (χ0n) is 21.9. The smallest absolute Gasteiger partial charge is 0.234 e. The monoisotopic (exact) mass is 498 g/mol. The average molecular weight is 499 g/mol. The third kappa shape index (κ3) is 5.23. The van der Waals surface area contributed by atoms with Crippen molar-refractivity contribution in [2.75, 3.05) is 32.7 Å². The van der Waals surface area contributed by atoms with E-state index in [0.717, 1.165) is 65.3 Å². The third-order valence-electron chi connectivity index (χ3n) is 6.96. The molecule has 5 rings (SSSR count). The van der Waals surface area contributed by atoms with E-state index in [1.807, 2.05) is 42.9 Å². The number of hydrogen-bond acceptors (Lipinski definition) is 7. The molecule has 0 aliphatic carbocycles. The van der Waals surface area contributed by atoms with E-state index in [9.17, 15) is 4.79 Å². The molecule has 9 heteroatoms. The average Bonchev–Trinajstić information content (AvgIpc) is 3.33. The number of nitrogens with zero attached hydrogens (tertiary/aromatic N) is 7. The van der Waals surface area contributed by atoms with Crippen LogP contribution in [0, 0.1) is 13.8 Å². The van der Waals surface area contributed by atoms with Crippen LogP contribution in [0.2, 0.25) is 0 Å². The second-order valence-corrected chi connectivity index (χ2v) is 10.0. The third-order valence-corrected chi connectivity index (χ3v) is 6.96. The van der Waals surface area contributed by atoms with Crippen LogP contribution in [0.4, 0.5) is 0 Å². The highest BCUT2D eigenvalue weighted by Crippen LogP contribution is 2.34. The Labute approximate surface area is 217 Å². The molecule has 1 aliphatic rings. The van der Waals surface area contributed by atoms with Crippen LogP contribution >= 0.6 is 0 Å². The summed E-state index contributed by atoms with van der Waals surface area (Å²) < 4.78 is 1.90. The van der Waals surface area contributed by atoms with Gasteiger partial charge in [0.2, 0.25) is 5.91 Å². The molecule has 2 aromatic heterocycles. The molecule has 0 spiro atoms. The largest absolute Gasteiger partial charge is 0.353 e. The second kappa shape index (κ2) is 10.7. The maximum absolute atomic E-state index is 12.4. The Kier molecular flexibility index (Phi) is 7.25. The molecule has 0 saturated carbocycles. The number of carbonyl (C=O) groups excluding carboxylic acids is 1. The van der Waals surface area contributed by atoms with E-state index in [0.29, 0.717) is 6.54 Å². The normalized spacial score (nSPS) is 15.8. The van der Waals surface area contributed by atoms with E-state index < -0.39 is 0 Å². The molecule has 2 aromatic carbocycles. The fourth-order valence-electron chi connectivity index (χ4n) is 5.27. The number of aromatic nitrogens is 5. The van der Waals surface area contributed by atoms with Gasteiger partial charge in [0.05, 0.1) is 23.8 Å². The Hall–Kier alpha value is -3.69. The summed E-state index contributed by atoms with van der Waals surface area (Å²) >= 11 is 0. The number of fused-ring (bicyclic) bond motifs is 1. The van der Waals surface area contributed by atoms with Crippen molar-refractivity contribution in [1.82, 2.24) is 40.3 Å². The van der Waals surface area contributed by atoms with Gasteiger partial charge >= 0.3 is 0 Å². The number of benzene rings is 2. The summed E-state index contributed by atoms with van der Waals surface area (Å²) in [5.41, 5.74) is 5.31. The Morgan fingerprint density at radius 3 is 2.43 bits per heavy atom. The SMILES string of the molecule is Cc1cccc(C)c1-n1nnnc1C(c1ccnc2ccccc12)N1CCN(CC(=O)NC(C)C)CC1. The first kappa shape index (κ1) is 25.0. The van der Waals surface area contributed by atoms with Gasteiger partial charge in [-0.05, 0) is 66.9 Å². The molecule has 3 heterocycles. The zero-order chi connectivity index (χ0) is 25.9. The van der Waals surface area contributed by atoms with Crippen molar-refractivity contribution in [1.29, 1.82) is 0 Å². The van der Waals surface area contributed by atoms with Crippen molar-refractivity contribution in [3.05, 3.63) is 77.2 Å². The van der Waals surface area contributed by atoms with E-state index >= 15 is 0 Å². The van der Waals surface area contributed by atoms with Crippen LogP contribution in [0.25, 0.3) is 16.6 Å². The Balaban J connectivity index is 1.53. The molecule has 0 bridgehead atoms. The van der Waals surface area contributed by atoms with Crippen molar-refractivity contribution >= 4 is 16.8 Å². The predicted octanol–water partition coefficient (Wildman–Crippen LogP) is 3.06. The summed E-state index contributed by atoms with van der Waals surface area (Å²) in [6, 6.07) is 16.5. The molecule has 192 valence electrons. The Morgan fingerprint density at radius 1 is 0.973 bits per heavy atom. The van der Waals surface area contributed by atoms with Crippen LogP contribution in [-0.4, -0.2) is 79.7 Å². The number of rotatable bonds is 7. The van der Waals surface area contributed by atoms with Crippen molar-refractivity contribution in [2.24, 2.45) is 0 Å². The van der Waals surface area contributed by atoms with Gasteiger partial charge in [-0.25, -0.2) is 0 Å². The first-order chi connectivity index (χ1) is 17.9. The maximum Gasteiger partial charge on any atom is 0.234 e. The summed E-state index contributed by atoms with van der Waals surface area (Å²) in [6.07, 6.45) is 1.87. The highest BCUT2D eigenvalue weighted by molar-refractivity contribution is 5.82. The van der Waals surface area contributed by atoms with Crippen LogP contribution in [-0.2, 0) is 4.79 Å². The topological polar surface area (TPSA) is 92.1 Å². The van der Waals surface area contributed by atoms with E-state index in [2.05, 4.69) is 79.8 Å². The van der Waals surface area contributed by atoms with Crippen molar-refractivity contribution in [2.45, 2.75) is 39.8 Å². The van der Waals surface area contributed by atoms with Crippen LogP contribution in [0.3, 0.4) is 0 Å². The molecular weight excluding hydrogens is 464 g/mol. The summed E-state index contributed by atoms with van der Waals surface area (Å²) in [4.78, 5) is 21.6.